The Kier molecular flexibility index (Phi) is 4.91. The molecule has 1 saturated heterocycles. The number of aryl methyl sites for hydroxylation is 1. The molecule has 2 aliphatic heterocycles. The van der Waals surface area contributed by atoms with Gasteiger partial charge in [-0.25, -0.2) is 4.98 Å². The Balaban J connectivity index is 0.00000192. The first-order valence-electron chi connectivity index (χ1n) is 9.18. The van der Waals surface area contributed by atoms with Crippen molar-refractivity contribution in [2.75, 3.05) is 18.8 Å². The van der Waals surface area contributed by atoms with E-state index >= 15 is 0 Å². The van der Waals surface area contributed by atoms with Gasteiger partial charge in [0.05, 0.1) is 5.69 Å². The van der Waals surface area contributed by atoms with Crippen LogP contribution in [0.25, 0.3) is 11.3 Å². The molecule has 1 atom stereocenters. The van der Waals surface area contributed by atoms with Gasteiger partial charge in [0, 0.05) is 42.2 Å². The van der Waals surface area contributed by atoms with Crippen molar-refractivity contribution in [1.29, 1.82) is 0 Å². The Morgan fingerprint density at radius 2 is 2.21 bits per heavy atom. The molecule has 0 radical (unpaired) electrons. The lowest BCUT2D eigenvalue weighted by atomic mass is 9.82. The number of hydrogen-bond acceptors (Lipinski definition) is 7. The third kappa shape index (κ3) is 3.18. The van der Waals surface area contributed by atoms with Crippen molar-refractivity contribution in [2.45, 2.75) is 31.4 Å². The maximum Gasteiger partial charge on any atom is 0.166 e. The Bertz CT molecular complexity index is 970. The van der Waals surface area contributed by atoms with Crippen molar-refractivity contribution in [1.82, 2.24) is 30.3 Å². The molecule has 1 spiro atoms. The number of nitrogens with zero attached hydrogens (tertiary/aromatic N) is 5. The smallest absolute Gasteiger partial charge is 0.166 e. The zero-order chi connectivity index (χ0) is 18.3. The first kappa shape index (κ1) is 18.6. The Morgan fingerprint density at radius 1 is 1.29 bits per heavy atom. The highest BCUT2D eigenvalue weighted by molar-refractivity contribution is 5.85. The standard InChI is InChI=1S/C19H21N7O.ClH/c20-18-16(27-11-14-2-1-5-23-24-14)8-13(10-22-18)15-9-17-19(3-6-21-12-19)4-7-26(17)25-15;/h1-2,5,8-10,21H,3-4,6-7,11-12H2,(H2,20,22);1H. The van der Waals surface area contributed by atoms with Crippen LogP contribution in [0.2, 0.25) is 0 Å². The summed E-state index contributed by atoms with van der Waals surface area (Å²) < 4.78 is 7.96. The first-order valence-corrected chi connectivity index (χ1v) is 9.18. The molecular weight excluding hydrogens is 378 g/mol. The van der Waals surface area contributed by atoms with Crippen LogP contribution in [0.1, 0.15) is 24.2 Å². The van der Waals surface area contributed by atoms with Crippen LogP contribution >= 0.6 is 12.4 Å². The molecule has 0 amide bonds. The van der Waals surface area contributed by atoms with Gasteiger partial charge in [0.15, 0.2) is 11.6 Å². The molecule has 0 aromatic carbocycles. The number of nitrogens with one attached hydrogen (secondary N) is 1. The van der Waals surface area contributed by atoms with Crippen LogP contribution in [-0.4, -0.2) is 38.1 Å². The second-order valence-electron chi connectivity index (χ2n) is 7.21. The molecule has 8 nitrogen and oxygen atoms in total. The number of anilines is 1. The van der Waals surface area contributed by atoms with Crippen LogP contribution in [0.4, 0.5) is 5.82 Å². The van der Waals surface area contributed by atoms with Gasteiger partial charge < -0.3 is 15.8 Å². The third-order valence-corrected chi connectivity index (χ3v) is 5.55. The average molecular weight is 400 g/mol. The van der Waals surface area contributed by atoms with Crippen LogP contribution in [0.3, 0.4) is 0 Å². The van der Waals surface area contributed by atoms with Crippen molar-refractivity contribution in [3.8, 4) is 17.0 Å². The molecule has 0 aliphatic carbocycles. The van der Waals surface area contributed by atoms with Gasteiger partial charge in [-0.3, -0.25) is 4.68 Å². The lowest BCUT2D eigenvalue weighted by Gasteiger charge is -2.20. The van der Waals surface area contributed by atoms with Gasteiger partial charge in [-0.2, -0.15) is 15.3 Å². The van der Waals surface area contributed by atoms with Crippen molar-refractivity contribution in [3.05, 3.63) is 48.0 Å². The lowest BCUT2D eigenvalue weighted by Crippen LogP contribution is -2.25. The average Bonchev–Trinajstić information content (AvgIpc) is 3.41. The van der Waals surface area contributed by atoms with E-state index in [2.05, 4.69) is 31.2 Å². The third-order valence-electron chi connectivity index (χ3n) is 5.55. The summed E-state index contributed by atoms with van der Waals surface area (Å²) in [5.74, 6) is 0.884. The van der Waals surface area contributed by atoms with Gasteiger partial charge in [-0.15, -0.1) is 12.4 Å². The molecule has 0 bridgehead atoms. The normalized spacial score (nSPS) is 20.1. The lowest BCUT2D eigenvalue weighted by molar-refractivity contribution is 0.300. The Morgan fingerprint density at radius 3 is 3.00 bits per heavy atom. The molecule has 0 saturated carbocycles. The van der Waals surface area contributed by atoms with E-state index in [1.807, 2.05) is 18.2 Å². The zero-order valence-electron chi connectivity index (χ0n) is 15.3. The molecule has 5 rings (SSSR count). The molecule has 1 unspecified atom stereocenters. The maximum absolute atomic E-state index is 5.99. The Labute approximate surface area is 168 Å². The van der Waals surface area contributed by atoms with Crippen LogP contribution in [0, 0.1) is 0 Å². The fourth-order valence-electron chi connectivity index (χ4n) is 4.05. The second-order valence-corrected chi connectivity index (χ2v) is 7.21. The molecule has 28 heavy (non-hydrogen) atoms. The summed E-state index contributed by atoms with van der Waals surface area (Å²) in [5, 5.41) is 16.2. The summed E-state index contributed by atoms with van der Waals surface area (Å²) in [5.41, 5.74) is 10.1. The van der Waals surface area contributed by atoms with E-state index < -0.39 is 0 Å². The largest absolute Gasteiger partial charge is 0.483 e. The van der Waals surface area contributed by atoms with Gasteiger partial charge in [-0.05, 0) is 43.7 Å². The SMILES string of the molecule is Cl.Nc1ncc(-c2cc3n(n2)CCC32CCNC2)cc1OCc1cccnn1. The molecule has 1 fully saturated rings. The number of hydrogen-bond donors (Lipinski definition) is 2. The number of pyridine rings is 1. The number of halogens is 1. The number of rotatable bonds is 4. The van der Waals surface area contributed by atoms with E-state index in [4.69, 9.17) is 15.6 Å². The molecule has 9 heteroatoms. The zero-order valence-corrected chi connectivity index (χ0v) is 16.2. The molecule has 3 aromatic heterocycles. The number of aromatic nitrogens is 5. The van der Waals surface area contributed by atoms with E-state index in [0.29, 0.717) is 11.6 Å². The van der Waals surface area contributed by atoms with Gasteiger partial charge >= 0.3 is 0 Å². The number of fused-ring (bicyclic) bond motifs is 2. The van der Waals surface area contributed by atoms with Crippen molar-refractivity contribution in [2.24, 2.45) is 0 Å². The Hall–Kier alpha value is -2.71. The van der Waals surface area contributed by atoms with E-state index in [1.54, 1.807) is 12.4 Å². The van der Waals surface area contributed by atoms with Gasteiger partial charge in [-0.1, -0.05) is 0 Å². The minimum atomic E-state index is 0. The molecule has 3 aromatic rings. The predicted molar refractivity (Wildman–Crippen MR) is 107 cm³/mol. The van der Waals surface area contributed by atoms with Gasteiger partial charge in [0.2, 0.25) is 0 Å². The molecule has 2 aliphatic rings. The van der Waals surface area contributed by atoms with Crippen LogP contribution < -0.4 is 15.8 Å². The highest BCUT2D eigenvalue weighted by Crippen LogP contribution is 2.41. The highest BCUT2D eigenvalue weighted by Gasteiger charge is 2.42. The van der Waals surface area contributed by atoms with Crippen LogP contribution in [0.15, 0.2) is 36.7 Å². The van der Waals surface area contributed by atoms with E-state index in [9.17, 15) is 0 Å². The minimum Gasteiger partial charge on any atom is -0.483 e. The number of nitrogen functional groups attached to an aromatic ring is 1. The van der Waals surface area contributed by atoms with E-state index in [-0.39, 0.29) is 24.4 Å². The number of ether oxygens (including phenoxy) is 1. The monoisotopic (exact) mass is 399 g/mol. The molecule has 146 valence electrons. The minimum absolute atomic E-state index is 0. The summed E-state index contributed by atoms with van der Waals surface area (Å²) in [7, 11) is 0. The molecular formula is C19H22ClN7O. The van der Waals surface area contributed by atoms with E-state index in [1.165, 1.54) is 12.1 Å². The maximum atomic E-state index is 5.99. The fourth-order valence-corrected chi connectivity index (χ4v) is 4.05. The number of nitrogens with two attached hydrogens (primary N) is 1. The van der Waals surface area contributed by atoms with Gasteiger partial charge in [0.25, 0.3) is 0 Å². The van der Waals surface area contributed by atoms with Gasteiger partial charge in [0.1, 0.15) is 12.3 Å². The highest BCUT2D eigenvalue weighted by atomic mass is 35.5. The van der Waals surface area contributed by atoms with Crippen molar-refractivity contribution >= 4 is 18.2 Å². The predicted octanol–water partition coefficient (Wildman–Crippen LogP) is 1.95. The second kappa shape index (κ2) is 7.37. The van der Waals surface area contributed by atoms with E-state index in [0.717, 1.165) is 43.0 Å². The summed E-state index contributed by atoms with van der Waals surface area (Å²) >= 11 is 0. The fraction of sp³-hybridized carbons (Fsp3) is 0.368. The van der Waals surface area contributed by atoms with Crippen LogP contribution in [-0.2, 0) is 18.6 Å². The summed E-state index contributed by atoms with van der Waals surface area (Å²) in [6.45, 7) is 3.36. The summed E-state index contributed by atoms with van der Waals surface area (Å²) in [4.78, 5) is 4.29. The summed E-state index contributed by atoms with van der Waals surface area (Å²) in [6.07, 6.45) is 5.71. The first-order chi connectivity index (χ1) is 13.2. The molecule has 3 N–H and O–H groups in total. The topological polar surface area (TPSA) is 104 Å². The quantitative estimate of drug-likeness (QED) is 0.690. The summed E-state index contributed by atoms with van der Waals surface area (Å²) in [6, 6.07) is 7.77. The van der Waals surface area contributed by atoms with Crippen molar-refractivity contribution < 1.29 is 4.74 Å². The van der Waals surface area contributed by atoms with Crippen molar-refractivity contribution in [3.63, 3.8) is 0 Å². The molecule has 5 heterocycles. The van der Waals surface area contributed by atoms with Crippen LogP contribution in [0.5, 0.6) is 5.75 Å².